The number of ether oxygens (including phenoxy) is 1. The van der Waals surface area contributed by atoms with E-state index in [4.69, 9.17) is 4.74 Å². The van der Waals surface area contributed by atoms with Crippen LogP contribution >= 0.6 is 0 Å². The molecule has 0 amide bonds. The maximum atomic E-state index is 12.5. The van der Waals surface area contributed by atoms with Crippen molar-refractivity contribution in [3.8, 4) is 5.75 Å². The summed E-state index contributed by atoms with van der Waals surface area (Å²) in [5.74, 6) is 0.329. The van der Waals surface area contributed by atoms with Crippen LogP contribution in [0, 0.1) is 0 Å². The number of hydrogen-bond acceptors (Lipinski definition) is 6. The number of rotatable bonds is 10. The monoisotopic (exact) mass is 435 g/mol. The van der Waals surface area contributed by atoms with Crippen molar-refractivity contribution in [2.75, 3.05) is 26.0 Å². The first-order valence-electron chi connectivity index (χ1n) is 10.7. The van der Waals surface area contributed by atoms with Crippen molar-refractivity contribution in [2.45, 2.75) is 63.3 Å². The Bertz CT molecular complexity index is 909. The number of piperidine rings is 1. The largest absolute Gasteiger partial charge is 0.508 e. The van der Waals surface area contributed by atoms with Crippen molar-refractivity contribution in [1.82, 2.24) is 14.5 Å². The van der Waals surface area contributed by atoms with Gasteiger partial charge in [0.05, 0.1) is 24.3 Å². The SMILES string of the molecule is CCS(=O)(=O)c1ncc(CN2CCCC[C@@H]2CCc2ccc(O)cc2)n1CCOC. The lowest BCUT2D eigenvalue weighted by atomic mass is 9.95. The zero-order chi connectivity index (χ0) is 21.6. The van der Waals surface area contributed by atoms with Gasteiger partial charge in [0.25, 0.3) is 0 Å². The molecular weight excluding hydrogens is 402 g/mol. The highest BCUT2D eigenvalue weighted by atomic mass is 32.2. The van der Waals surface area contributed by atoms with Gasteiger partial charge < -0.3 is 14.4 Å². The van der Waals surface area contributed by atoms with E-state index in [0.717, 1.165) is 37.9 Å². The van der Waals surface area contributed by atoms with Crippen molar-refractivity contribution < 1.29 is 18.3 Å². The molecular formula is C22H33N3O4S. The first kappa shape index (κ1) is 22.8. The molecule has 3 rings (SSSR count). The Kier molecular flexibility index (Phi) is 7.91. The molecule has 1 aliphatic heterocycles. The molecule has 2 aromatic rings. The number of imidazole rings is 1. The van der Waals surface area contributed by atoms with Gasteiger partial charge in [0, 0.05) is 26.2 Å². The molecule has 1 atom stereocenters. The molecule has 8 heteroatoms. The van der Waals surface area contributed by atoms with E-state index < -0.39 is 9.84 Å². The molecule has 0 saturated carbocycles. The number of aryl methyl sites for hydroxylation is 1. The molecule has 0 aliphatic carbocycles. The summed E-state index contributed by atoms with van der Waals surface area (Å²) in [5.41, 5.74) is 2.15. The molecule has 7 nitrogen and oxygen atoms in total. The molecule has 0 bridgehead atoms. The average molecular weight is 436 g/mol. The quantitative estimate of drug-likeness (QED) is 0.618. The van der Waals surface area contributed by atoms with Crippen LogP contribution in [0.15, 0.2) is 35.6 Å². The summed E-state index contributed by atoms with van der Waals surface area (Å²) >= 11 is 0. The lowest BCUT2D eigenvalue weighted by molar-refractivity contribution is 0.127. The van der Waals surface area contributed by atoms with Crippen LogP contribution in [0.5, 0.6) is 5.75 Å². The van der Waals surface area contributed by atoms with Crippen LogP contribution in [-0.2, 0) is 34.1 Å². The summed E-state index contributed by atoms with van der Waals surface area (Å²) in [6, 6.07) is 7.87. The summed E-state index contributed by atoms with van der Waals surface area (Å²) in [4.78, 5) is 6.74. The molecule has 1 aromatic heterocycles. The Hall–Kier alpha value is -1.90. The molecule has 1 aromatic carbocycles. The van der Waals surface area contributed by atoms with E-state index in [1.807, 2.05) is 16.7 Å². The van der Waals surface area contributed by atoms with Crippen molar-refractivity contribution >= 4 is 9.84 Å². The third-order valence-electron chi connectivity index (χ3n) is 5.90. The highest BCUT2D eigenvalue weighted by molar-refractivity contribution is 7.91. The van der Waals surface area contributed by atoms with Gasteiger partial charge in [-0.25, -0.2) is 13.4 Å². The van der Waals surface area contributed by atoms with E-state index in [9.17, 15) is 13.5 Å². The molecule has 2 heterocycles. The van der Waals surface area contributed by atoms with E-state index in [0.29, 0.717) is 31.5 Å². The summed E-state index contributed by atoms with van der Waals surface area (Å²) in [5, 5.41) is 9.62. The minimum atomic E-state index is -3.39. The zero-order valence-corrected chi connectivity index (χ0v) is 18.8. The molecule has 1 fully saturated rings. The molecule has 1 N–H and O–H groups in total. The molecule has 0 spiro atoms. The summed E-state index contributed by atoms with van der Waals surface area (Å²) in [7, 11) is -1.77. The molecule has 1 aliphatic rings. The van der Waals surface area contributed by atoms with Crippen LogP contribution in [0.3, 0.4) is 0 Å². The Labute approximate surface area is 179 Å². The highest BCUT2D eigenvalue weighted by Gasteiger charge is 2.26. The minimum Gasteiger partial charge on any atom is -0.508 e. The number of aromatic nitrogens is 2. The number of likely N-dealkylation sites (tertiary alicyclic amines) is 1. The topological polar surface area (TPSA) is 84.7 Å². The number of methoxy groups -OCH3 is 1. The number of phenols is 1. The van der Waals surface area contributed by atoms with E-state index in [1.165, 1.54) is 12.0 Å². The van der Waals surface area contributed by atoms with Gasteiger partial charge in [-0.1, -0.05) is 25.5 Å². The van der Waals surface area contributed by atoms with E-state index in [2.05, 4.69) is 9.88 Å². The number of benzene rings is 1. The van der Waals surface area contributed by atoms with Gasteiger partial charge in [-0.05, 0) is 49.9 Å². The van der Waals surface area contributed by atoms with Crippen LogP contribution < -0.4 is 0 Å². The average Bonchev–Trinajstić information content (AvgIpc) is 3.16. The Morgan fingerprint density at radius 2 is 2.00 bits per heavy atom. The van der Waals surface area contributed by atoms with Gasteiger partial charge in [-0.2, -0.15) is 0 Å². The predicted molar refractivity (Wildman–Crippen MR) is 116 cm³/mol. The second-order valence-corrected chi connectivity index (χ2v) is 10.1. The third kappa shape index (κ3) is 5.62. The van der Waals surface area contributed by atoms with Crippen LogP contribution in [0.2, 0.25) is 0 Å². The summed E-state index contributed by atoms with van der Waals surface area (Å²) < 4.78 is 32.0. The van der Waals surface area contributed by atoms with Gasteiger partial charge in [-0.15, -0.1) is 0 Å². The lowest BCUT2D eigenvalue weighted by Gasteiger charge is -2.36. The van der Waals surface area contributed by atoms with Gasteiger partial charge in [0.1, 0.15) is 5.75 Å². The fraction of sp³-hybridized carbons (Fsp3) is 0.591. The molecule has 30 heavy (non-hydrogen) atoms. The maximum Gasteiger partial charge on any atom is 0.227 e. The Balaban J connectivity index is 1.74. The van der Waals surface area contributed by atoms with Gasteiger partial charge in [0.15, 0.2) is 0 Å². The minimum absolute atomic E-state index is 0.0371. The predicted octanol–water partition coefficient (Wildman–Crippen LogP) is 3.02. The maximum absolute atomic E-state index is 12.5. The summed E-state index contributed by atoms with van der Waals surface area (Å²) in [6.07, 6.45) is 7.22. The molecule has 0 radical (unpaired) electrons. The Morgan fingerprint density at radius 1 is 1.23 bits per heavy atom. The standard InChI is InChI=1S/C22H33N3O4S/c1-3-30(27,28)22-23-16-20(25(22)14-15-29-2)17-24-13-5-4-6-19(24)10-7-18-8-11-21(26)12-9-18/h8-9,11-12,16,19,26H,3-7,10,13-15,17H2,1-2H3/t19-/m1/s1. The van der Waals surface area contributed by atoms with Gasteiger partial charge in [0.2, 0.25) is 15.0 Å². The van der Waals surface area contributed by atoms with Crippen LogP contribution in [0.4, 0.5) is 0 Å². The normalized spacial score (nSPS) is 18.0. The number of phenolic OH excluding ortho intramolecular Hbond substituents is 1. The highest BCUT2D eigenvalue weighted by Crippen LogP contribution is 2.25. The van der Waals surface area contributed by atoms with Crippen molar-refractivity contribution in [3.63, 3.8) is 0 Å². The smallest absolute Gasteiger partial charge is 0.227 e. The molecule has 0 unspecified atom stereocenters. The van der Waals surface area contributed by atoms with E-state index in [-0.39, 0.29) is 10.9 Å². The number of hydrogen-bond donors (Lipinski definition) is 1. The van der Waals surface area contributed by atoms with E-state index in [1.54, 1.807) is 32.4 Å². The Morgan fingerprint density at radius 3 is 2.70 bits per heavy atom. The third-order valence-corrected chi connectivity index (χ3v) is 7.54. The van der Waals surface area contributed by atoms with Crippen molar-refractivity contribution in [2.24, 2.45) is 0 Å². The van der Waals surface area contributed by atoms with Crippen LogP contribution in [-0.4, -0.2) is 60.0 Å². The van der Waals surface area contributed by atoms with E-state index >= 15 is 0 Å². The van der Waals surface area contributed by atoms with Gasteiger partial charge in [-0.3, -0.25) is 4.90 Å². The number of aromatic hydroxyl groups is 1. The first-order chi connectivity index (χ1) is 14.4. The number of sulfone groups is 1. The second-order valence-electron chi connectivity index (χ2n) is 7.91. The fourth-order valence-corrected chi connectivity index (χ4v) is 5.13. The number of nitrogens with zero attached hydrogens (tertiary/aromatic N) is 3. The molecule has 1 saturated heterocycles. The van der Waals surface area contributed by atoms with Crippen LogP contribution in [0.1, 0.15) is 43.9 Å². The fourth-order valence-electron chi connectivity index (χ4n) is 4.12. The first-order valence-corrected chi connectivity index (χ1v) is 12.4. The van der Waals surface area contributed by atoms with Crippen LogP contribution in [0.25, 0.3) is 0 Å². The zero-order valence-electron chi connectivity index (χ0n) is 18.0. The lowest BCUT2D eigenvalue weighted by Crippen LogP contribution is -2.39. The van der Waals surface area contributed by atoms with Crippen molar-refractivity contribution in [1.29, 1.82) is 0 Å². The molecule has 166 valence electrons. The summed E-state index contributed by atoms with van der Waals surface area (Å²) in [6.45, 7) is 4.27. The second kappa shape index (κ2) is 10.4. The van der Waals surface area contributed by atoms with Crippen molar-refractivity contribution in [3.05, 3.63) is 41.7 Å². The van der Waals surface area contributed by atoms with Gasteiger partial charge >= 0.3 is 0 Å².